The minimum atomic E-state index is -4.54. The molecule has 0 radical (unpaired) electrons. The Bertz CT molecular complexity index is 939. The summed E-state index contributed by atoms with van der Waals surface area (Å²) < 4.78 is 39.4. The third-order valence-corrected chi connectivity index (χ3v) is 5.64. The summed E-state index contributed by atoms with van der Waals surface area (Å²) in [4.78, 5) is 27.0. The van der Waals surface area contributed by atoms with Gasteiger partial charge in [-0.15, -0.1) is 0 Å². The standard InChI is InChI=1S/C24H27F3N2O2/c1-23(2,3)18-10-8-17(9-11-18)22(31)29-14-12-16(13-15-29)21(30)28-20-7-5-4-6-19(20)24(25,26)27/h4-11,16H,12-15H2,1-3H3,(H,28,30). The number of carbonyl (C=O) groups is 2. The second-order valence-corrected chi connectivity index (χ2v) is 8.93. The van der Waals surface area contributed by atoms with Gasteiger partial charge in [-0.2, -0.15) is 13.2 Å². The van der Waals surface area contributed by atoms with Gasteiger partial charge in [0, 0.05) is 24.6 Å². The maximum Gasteiger partial charge on any atom is 0.418 e. The highest BCUT2D eigenvalue weighted by Gasteiger charge is 2.35. The lowest BCUT2D eigenvalue weighted by Crippen LogP contribution is -2.41. The quantitative estimate of drug-likeness (QED) is 0.697. The fourth-order valence-electron chi connectivity index (χ4n) is 3.71. The topological polar surface area (TPSA) is 49.4 Å². The SMILES string of the molecule is CC(C)(C)c1ccc(C(=O)N2CCC(C(=O)Nc3ccccc3C(F)(F)F)CC2)cc1. The molecule has 31 heavy (non-hydrogen) atoms. The fraction of sp³-hybridized carbons (Fsp3) is 0.417. The second-order valence-electron chi connectivity index (χ2n) is 8.93. The predicted octanol–water partition coefficient (Wildman–Crippen LogP) is 5.49. The van der Waals surface area contributed by atoms with Crippen LogP contribution in [-0.2, 0) is 16.4 Å². The third-order valence-electron chi connectivity index (χ3n) is 5.64. The van der Waals surface area contributed by atoms with E-state index in [0.717, 1.165) is 11.6 Å². The van der Waals surface area contributed by atoms with Crippen molar-refractivity contribution in [3.63, 3.8) is 0 Å². The number of hydrogen-bond acceptors (Lipinski definition) is 2. The summed E-state index contributed by atoms with van der Waals surface area (Å²) >= 11 is 0. The molecule has 0 aromatic heterocycles. The smallest absolute Gasteiger partial charge is 0.339 e. The monoisotopic (exact) mass is 432 g/mol. The van der Waals surface area contributed by atoms with E-state index in [9.17, 15) is 22.8 Å². The van der Waals surface area contributed by atoms with Gasteiger partial charge in [0.15, 0.2) is 0 Å². The van der Waals surface area contributed by atoms with Crippen LogP contribution in [0.1, 0.15) is 55.1 Å². The maximum absolute atomic E-state index is 13.1. The van der Waals surface area contributed by atoms with Gasteiger partial charge in [-0.1, -0.05) is 45.0 Å². The molecule has 1 aliphatic rings. The van der Waals surface area contributed by atoms with Crippen LogP contribution in [0.2, 0.25) is 0 Å². The number of likely N-dealkylation sites (tertiary alicyclic amines) is 1. The van der Waals surface area contributed by atoms with Crippen molar-refractivity contribution in [3.05, 3.63) is 65.2 Å². The molecule has 1 N–H and O–H groups in total. The molecule has 2 aromatic rings. The normalized spacial score (nSPS) is 15.6. The number of nitrogens with zero attached hydrogens (tertiary/aromatic N) is 1. The number of nitrogens with one attached hydrogen (secondary N) is 1. The number of hydrogen-bond donors (Lipinski definition) is 1. The van der Waals surface area contributed by atoms with Crippen LogP contribution < -0.4 is 5.32 Å². The van der Waals surface area contributed by atoms with E-state index in [1.54, 1.807) is 4.90 Å². The Morgan fingerprint density at radius 1 is 0.935 bits per heavy atom. The first kappa shape index (κ1) is 22.8. The van der Waals surface area contributed by atoms with Crippen LogP contribution in [0.5, 0.6) is 0 Å². The number of rotatable bonds is 3. The van der Waals surface area contributed by atoms with Crippen LogP contribution in [0, 0.1) is 5.92 Å². The number of para-hydroxylation sites is 1. The summed E-state index contributed by atoms with van der Waals surface area (Å²) in [5.74, 6) is -0.978. The number of piperidine rings is 1. The van der Waals surface area contributed by atoms with Gasteiger partial charge >= 0.3 is 6.18 Å². The zero-order valence-corrected chi connectivity index (χ0v) is 17.9. The molecule has 0 aliphatic carbocycles. The second kappa shape index (κ2) is 8.73. The molecule has 0 saturated carbocycles. The predicted molar refractivity (Wildman–Crippen MR) is 114 cm³/mol. The highest BCUT2D eigenvalue weighted by molar-refractivity contribution is 5.95. The molecule has 3 rings (SSSR count). The van der Waals surface area contributed by atoms with E-state index in [-0.39, 0.29) is 17.0 Å². The molecule has 2 aromatic carbocycles. The van der Waals surface area contributed by atoms with E-state index in [4.69, 9.17) is 0 Å². The van der Waals surface area contributed by atoms with Crippen molar-refractivity contribution < 1.29 is 22.8 Å². The van der Waals surface area contributed by atoms with Gasteiger partial charge in [-0.25, -0.2) is 0 Å². The van der Waals surface area contributed by atoms with E-state index in [2.05, 4.69) is 26.1 Å². The molecule has 0 bridgehead atoms. The van der Waals surface area contributed by atoms with Crippen molar-refractivity contribution >= 4 is 17.5 Å². The largest absolute Gasteiger partial charge is 0.418 e. The van der Waals surface area contributed by atoms with Crippen molar-refractivity contribution in [2.45, 2.75) is 45.2 Å². The Morgan fingerprint density at radius 2 is 1.52 bits per heavy atom. The number of carbonyl (C=O) groups excluding carboxylic acids is 2. The Labute approximate surface area is 180 Å². The zero-order valence-electron chi connectivity index (χ0n) is 17.9. The van der Waals surface area contributed by atoms with E-state index in [0.29, 0.717) is 31.5 Å². The lowest BCUT2D eigenvalue weighted by Gasteiger charge is -2.31. The first-order valence-electron chi connectivity index (χ1n) is 10.3. The molecule has 1 saturated heterocycles. The number of halogens is 3. The average Bonchev–Trinajstić information content (AvgIpc) is 2.72. The Hall–Kier alpha value is -2.83. The van der Waals surface area contributed by atoms with Gasteiger partial charge in [0.2, 0.25) is 5.91 Å². The summed E-state index contributed by atoms with van der Waals surface area (Å²) in [6, 6.07) is 12.5. The van der Waals surface area contributed by atoms with Crippen LogP contribution in [0.25, 0.3) is 0 Å². The van der Waals surface area contributed by atoms with Gasteiger partial charge < -0.3 is 10.2 Å². The van der Waals surface area contributed by atoms with E-state index in [1.807, 2.05) is 24.3 Å². The first-order valence-corrected chi connectivity index (χ1v) is 10.3. The molecule has 0 spiro atoms. The molecule has 2 amide bonds. The summed E-state index contributed by atoms with van der Waals surface area (Å²) in [5.41, 5.74) is 0.624. The van der Waals surface area contributed by atoms with Gasteiger partial charge in [-0.05, 0) is 48.1 Å². The van der Waals surface area contributed by atoms with Crippen LogP contribution in [-0.4, -0.2) is 29.8 Å². The molecular formula is C24H27F3N2O2. The maximum atomic E-state index is 13.1. The minimum Gasteiger partial charge on any atom is -0.339 e. The van der Waals surface area contributed by atoms with Crippen LogP contribution in [0.3, 0.4) is 0 Å². The molecule has 1 heterocycles. The molecule has 166 valence electrons. The fourth-order valence-corrected chi connectivity index (χ4v) is 3.71. The number of benzene rings is 2. The lowest BCUT2D eigenvalue weighted by atomic mass is 9.86. The van der Waals surface area contributed by atoms with E-state index in [1.165, 1.54) is 18.2 Å². The van der Waals surface area contributed by atoms with Crippen molar-refractivity contribution in [1.82, 2.24) is 4.90 Å². The highest BCUT2D eigenvalue weighted by Crippen LogP contribution is 2.35. The summed E-state index contributed by atoms with van der Waals surface area (Å²) in [7, 11) is 0. The van der Waals surface area contributed by atoms with Gasteiger partial charge in [0.25, 0.3) is 5.91 Å². The molecule has 0 atom stereocenters. The molecular weight excluding hydrogens is 405 g/mol. The molecule has 7 heteroatoms. The lowest BCUT2D eigenvalue weighted by molar-refractivity contribution is -0.137. The molecule has 1 aliphatic heterocycles. The molecule has 4 nitrogen and oxygen atoms in total. The summed E-state index contributed by atoms with van der Waals surface area (Å²) in [6.45, 7) is 7.09. The van der Waals surface area contributed by atoms with Crippen molar-refractivity contribution in [2.24, 2.45) is 5.92 Å². The zero-order chi connectivity index (χ0) is 22.8. The van der Waals surface area contributed by atoms with Crippen LogP contribution in [0.4, 0.5) is 18.9 Å². The first-order chi connectivity index (χ1) is 14.5. The van der Waals surface area contributed by atoms with Gasteiger partial charge in [-0.3, -0.25) is 9.59 Å². The highest BCUT2D eigenvalue weighted by atomic mass is 19.4. The average molecular weight is 432 g/mol. The third kappa shape index (κ3) is 5.46. The minimum absolute atomic E-state index is 0.00197. The van der Waals surface area contributed by atoms with E-state index < -0.39 is 23.6 Å². The Morgan fingerprint density at radius 3 is 2.06 bits per heavy atom. The number of anilines is 1. The van der Waals surface area contributed by atoms with Crippen molar-refractivity contribution in [3.8, 4) is 0 Å². The van der Waals surface area contributed by atoms with Crippen molar-refractivity contribution in [1.29, 1.82) is 0 Å². The number of alkyl halides is 3. The van der Waals surface area contributed by atoms with Crippen LogP contribution in [0.15, 0.2) is 48.5 Å². The summed E-state index contributed by atoms with van der Waals surface area (Å²) in [6.07, 6.45) is -3.72. The Kier molecular flexibility index (Phi) is 6.43. The Balaban J connectivity index is 1.59. The number of amides is 2. The molecule has 1 fully saturated rings. The van der Waals surface area contributed by atoms with Gasteiger partial charge in [0.1, 0.15) is 0 Å². The van der Waals surface area contributed by atoms with Crippen LogP contribution >= 0.6 is 0 Å². The van der Waals surface area contributed by atoms with Gasteiger partial charge in [0.05, 0.1) is 11.3 Å². The molecule has 0 unspecified atom stereocenters. The summed E-state index contributed by atoms with van der Waals surface area (Å²) in [5, 5.41) is 2.42. The van der Waals surface area contributed by atoms with E-state index >= 15 is 0 Å². The van der Waals surface area contributed by atoms with Crippen molar-refractivity contribution in [2.75, 3.05) is 18.4 Å².